The normalized spacial score (nSPS) is 28.8. The summed E-state index contributed by atoms with van der Waals surface area (Å²) >= 11 is 0. The van der Waals surface area contributed by atoms with E-state index in [9.17, 15) is 4.79 Å². The average Bonchev–Trinajstić information content (AvgIpc) is 2.64. The Kier molecular flexibility index (Phi) is 3.12. The van der Waals surface area contributed by atoms with Crippen LogP contribution in [-0.4, -0.2) is 11.0 Å². The third kappa shape index (κ3) is 2.11. The van der Waals surface area contributed by atoms with Gasteiger partial charge in [-0.25, -0.2) is 0 Å². The van der Waals surface area contributed by atoms with E-state index in [1.807, 2.05) is 0 Å². The first kappa shape index (κ1) is 9.84. The van der Waals surface area contributed by atoms with E-state index >= 15 is 0 Å². The van der Waals surface area contributed by atoms with Crippen molar-refractivity contribution in [3.05, 3.63) is 24.5 Å². The van der Waals surface area contributed by atoms with Crippen molar-refractivity contribution in [1.29, 1.82) is 0 Å². The van der Waals surface area contributed by atoms with Crippen LogP contribution in [0.15, 0.2) is 24.5 Å². The molecular formula is C10H15NO2. The molecule has 3 nitrogen and oxygen atoms in total. The van der Waals surface area contributed by atoms with Gasteiger partial charge in [-0.15, -0.1) is 0 Å². The summed E-state index contributed by atoms with van der Waals surface area (Å²) in [6, 6.07) is 0. The Morgan fingerprint density at radius 2 is 2.31 bits per heavy atom. The zero-order valence-corrected chi connectivity index (χ0v) is 7.57. The number of carbonyl (C=O) groups is 1. The summed E-state index contributed by atoms with van der Waals surface area (Å²) in [6.07, 6.45) is 6.44. The molecule has 1 saturated carbocycles. The lowest BCUT2D eigenvalue weighted by Crippen LogP contribution is -2.18. The summed E-state index contributed by atoms with van der Waals surface area (Å²) in [4.78, 5) is 10.7. The third-order valence-corrected chi connectivity index (χ3v) is 2.61. The molecule has 3 N–H and O–H groups in total. The highest BCUT2D eigenvalue weighted by Crippen LogP contribution is 2.43. The number of primary amides is 1. The van der Waals surface area contributed by atoms with Crippen LogP contribution >= 0.6 is 0 Å². The quantitative estimate of drug-likeness (QED) is 0.602. The van der Waals surface area contributed by atoms with E-state index in [-0.39, 0.29) is 5.91 Å². The van der Waals surface area contributed by atoms with Gasteiger partial charge >= 0.3 is 0 Å². The maximum Gasteiger partial charge on any atom is 0.244 e. The number of hydrogen-bond donors (Lipinski definition) is 2. The number of aliphatic hydroxyl groups is 1. The number of fused-ring (bicyclic) bond motifs is 2. The standard InChI is InChI=1S/C8H11NO.C2H4O/c9-8(10)7-4-5-1-2-6(7)3-5;1-2-3/h4-6H,1-3H2,(H2,9,10);2-3H,1H2. The summed E-state index contributed by atoms with van der Waals surface area (Å²) < 4.78 is 0. The number of aliphatic hydroxyl groups excluding tert-OH is 1. The second-order valence-electron chi connectivity index (χ2n) is 3.44. The zero-order valence-electron chi connectivity index (χ0n) is 7.57. The molecule has 2 bridgehead atoms. The summed E-state index contributed by atoms with van der Waals surface area (Å²) in [5, 5.41) is 7.33. The van der Waals surface area contributed by atoms with Gasteiger partial charge in [0.25, 0.3) is 0 Å². The van der Waals surface area contributed by atoms with Gasteiger partial charge in [-0.05, 0) is 31.1 Å². The second-order valence-corrected chi connectivity index (χ2v) is 3.44. The Morgan fingerprint density at radius 1 is 1.69 bits per heavy atom. The average molecular weight is 181 g/mol. The molecule has 0 saturated heterocycles. The van der Waals surface area contributed by atoms with Gasteiger partial charge in [0.05, 0.1) is 6.26 Å². The predicted molar refractivity (Wildman–Crippen MR) is 50.9 cm³/mol. The van der Waals surface area contributed by atoms with Crippen LogP contribution in [0.3, 0.4) is 0 Å². The van der Waals surface area contributed by atoms with Crippen LogP contribution in [0.1, 0.15) is 19.3 Å². The number of rotatable bonds is 1. The van der Waals surface area contributed by atoms with Crippen molar-refractivity contribution in [2.45, 2.75) is 19.3 Å². The molecule has 0 radical (unpaired) electrons. The molecule has 1 amide bonds. The minimum Gasteiger partial charge on any atom is -0.516 e. The number of amides is 1. The third-order valence-electron chi connectivity index (χ3n) is 2.61. The highest BCUT2D eigenvalue weighted by molar-refractivity contribution is 5.93. The highest BCUT2D eigenvalue weighted by atomic mass is 16.2. The van der Waals surface area contributed by atoms with Crippen molar-refractivity contribution in [2.75, 3.05) is 0 Å². The van der Waals surface area contributed by atoms with Gasteiger partial charge in [-0.2, -0.15) is 0 Å². The maximum atomic E-state index is 10.7. The SMILES string of the molecule is C=CO.NC(=O)C1=CC2CCC1C2. The van der Waals surface area contributed by atoms with E-state index in [1.54, 1.807) is 0 Å². The Hall–Kier alpha value is -1.25. The Balaban J connectivity index is 0.000000251. The molecule has 0 aliphatic heterocycles. The predicted octanol–water partition coefficient (Wildman–Crippen LogP) is 1.52. The maximum absolute atomic E-state index is 10.7. The lowest BCUT2D eigenvalue weighted by molar-refractivity contribution is -0.115. The van der Waals surface area contributed by atoms with Crippen molar-refractivity contribution in [3.8, 4) is 0 Å². The van der Waals surface area contributed by atoms with E-state index in [4.69, 9.17) is 10.8 Å². The molecule has 0 aromatic rings. The van der Waals surface area contributed by atoms with Crippen molar-refractivity contribution in [1.82, 2.24) is 0 Å². The highest BCUT2D eigenvalue weighted by Gasteiger charge is 2.34. The van der Waals surface area contributed by atoms with Crippen molar-refractivity contribution in [2.24, 2.45) is 17.6 Å². The van der Waals surface area contributed by atoms with Gasteiger partial charge in [0, 0.05) is 5.57 Å². The topological polar surface area (TPSA) is 63.3 Å². The van der Waals surface area contributed by atoms with Gasteiger partial charge in [0.1, 0.15) is 0 Å². The minimum atomic E-state index is -0.202. The van der Waals surface area contributed by atoms with Crippen LogP contribution in [0.25, 0.3) is 0 Å². The molecule has 0 heterocycles. The first-order chi connectivity index (χ1) is 6.19. The van der Waals surface area contributed by atoms with E-state index in [0.29, 0.717) is 11.8 Å². The Bertz CT molecular complexity index is 245. The zero-order chi connectivity index (χ0) is 9.84. The lowest BCUT2D eigenvalue weighted by Gasteiger charge is -2.07. The molecule has 72 valence electrons. The van der Waals surface area contributed by atoms with Gasteiger partial charge in [-0.3, -0.25) is 4.79 Å². The molecule has 2 atom stereocenters. The number of allylic oxidation sites excluding steroid dienone is 1. The van der Waals surface area contributed by atoms with Crippen LogP contribution in [-0.2, 0) is 4.79 Å². The minimum absolute atomic E-state index is 0.202. The molecule has 2 aliphatic rings. The number of nitrogens with two attached hydrogens (primary N) is 1. The van der Waals surface area contributed by atoms with Gasteiger partial charge in [0.2, 0.25) is 5.91 Å². The first-order valence-electron chi connectivity index (χ1n) is 4.45. The molecule has 2 rings (SSSR count). The molecule has 3 heteroatoms. The van der Waals surface area contributed by atoms with Gasteiger partial charge < -0.3 is 10.8 Å². The van der Waals surface area contributed by atoms with Crippen LogP contribution in [0.2, 0.25) is 0 Å². The smallest absolute Gasteiger partial charge is 0.244 e. The molecule has 0 aromatic carbocycles. The second kappa shape index (κ2) is 4.12. The van der Waals surface area contributed by atoms with Crippen LogP contribution < -0.4 is 5.73 Å². The van der Waals surface area contributed by atoms with Gasteiger partial charge in [0.15, 0.2) is 0 Å². The summed E-state index contributed by atoms with van der Waals surface area (Å²) in [5.74, 6) is 0.988. The molecule has 13 heavy (non-hydrogen) atoms. The molecular weight excluding hydrogens is 166 g/mol. The fourth-order valence-corrected chi connectivity index (χ4v) is 2.12. The Morgan fingerprint density at radius 3 is 2.54 bits per heavy atom. The molecule has 0 spiro atoms. The fraction of sp³-hybridized carbons (Fsp3) is 0.500. The van der Waals surface area contributed by atoms with Crippen molar-refractivity contribution in [3.63, 3.8) is 0 Å². The summed E-state index contributed by atoms with van der Waals surface area (Å²) in [7, 11) is 0. The molecule has 0 aromatic heterocycles. The monoisotopic (exact) mass is 181 g/mol. The van der Waals surface area contributed by atoms with E-state index < -0.39 is 0 Å². The summed E-state index contributed by atoms with van der Waals surface area (Å²) in [5.41, 5.74) is 6.08. The van der Waals surface area contributed by atoms with E-state index in [2.05, 4.69) is 12.7 Å². The van der Waals surface area contributed by atoms with Crippen LogP contribution in [0.4, 0.5) is 0 Å². The van der Waals surface area contributed by atoms with Gasteiger partial charge in [-0.1, -0.05) is 12.7 Å². The Labute approximate surface area is 77.9 Å². The number of carbonyl (C=O) groups excluding carboxylic acids is 1. The first-order valence-corrected chi connectivity index (χ1v) is 4.45. The van der Waals surface area contributed by atoms with Crippen molar-refractivity contribution < 1.29 is 9.90 Å². The number of hydrogen-bond acceptors (Lipinski definition) is 2. The van der Waals surface area contributed by atoms with E-state index in [0.717, 1.165) is 11.8 Å². The molecule has 2 aliphatic carbocycles. The van der Waals surface area contributed by atoms with Crippen LogP contribution in [0, 0.1) is 11.8 Å². The fourth-order valence-electron chi connectivity index (χ4n) is 2.12. The summed E-state index contributed by atoms with van der Waals surface area (Å²) in [6.45, 7) is 2.92. The molecule has 1 fully saturated rings. The lowest BCUT2D eigenvalue weighted by atomic mass is 9.98. The van der Waals surface area contributed by atoms with Crippen molar-refractivity contribution >= 4 is 5.91 Å². The van der Waals surface area contributed by atoms with Crippen LogP contribution in [0.5, 0.6) is 0 Å². The van der Waals surface area contributed by atoms with E-state index in [1.165, 1.54) is 19.3 Å². The largest absolute Gasteiger partial charge is 0.516 e. The molecule has 2 unspecified atom stereocenters.